The fourth-order valence-electron chi connectivity index (χ4n) is 3.24. The minimum absolute atomic E-state index is 0.0497. The van der Waals surface area contributed by atoms with E-state index in [9.17, 15) is 14.4 Å². The van der Waals surface area contributed by atoms with Crippen molar-refractivity contribution in [2.24, 2.45) is 0 Å². The zero-order valence-corrected chi connectivity index (χ0v) is 17.1. The van der Waals surface area contributed by atoms with Crippen LogP contribution in [0.1, 0.15) is 49.5 Å². The SMILES string of the molecule is CC(C)(C)c1ccc(NC(=O)CNC(=O)c2ccc(N3CCCC3=O)cc2)cc1. The number of hydrogen-bond acceptors (Lipinski definition) is 3. The molecule has 0 radical (unpaired) electrons. The number of nitrogens with zero attached hydrogens (tertiary/aromatic N) is 1. The molecule has 0 aromatic heterocycles. The van der Waals surface area contributed by atoms with E-state index in [-0.39, 0.29) is 29.7 Å². The molecular formula is C23H27N3O3. The molecule has 3 amide bonds. The van der Waals surface area contributed by atoms with E-state index in [0.29, 0.717) is 24.2 Å². The lowest BCUT2D eigenvalue weighted by Crippen LogP contribution is -2.33. The topological polar surface area (TPSA) is 78.5 Å². The lowest BCUT2D eigenvalue weighted by atomic mass is 9.87. The third kappa shape index (κ3) is 5.22. The zero-order chi connectivity index (χ0) is 21.0. The summed E-state index contributed by atoms with van der Waals surface area (Å²) in [4.78, 5) is 37.9. The van der Waals surface area contributed by atoms with Gasteiger partial charge in [-0.25, -0.2) is 0 Å². The van der Waals surface area contributed by atoms with Crippen LogP contribution < -0.4 is 15.5 Å². The van der Waals surface area contributed by atoms with E-state index in [2.05, 4.69) is 31.4 Å². The van der Waals surface area contributed by atoms with Gasteiger partial charge >= 0.3 is 0 Å². The molecule has 1 fully saturated rings. The highest BCUT2D eigenvalue weighted by Crippen LogP contribution is 2.23. The van der Waals surface area contributed by atoms with Gasteiger partial charge in [0, 0.05) is 29.9 Å². The van der Waals surface area contributed by atoms with E-state index in [1.807, 2.05) is 24.3 Å². The molecule has 152 valence electrons. The van der Waals surface area contributed by atoms with E-state index < -0.39 is 0 Å². The summed E-state index contributed by atoms with van der Waals surface area (Å²) in [6.45, 7) is 6.98. The molecule has 29 heavy (non-hydrogen) atoms. The third-order valence-corrected chi connectivity index (χ3v) is 4.96. The zero-order valence-electron chi connectivity index (χ0n) is 17.1. The van der Waals surface area contributed by atoms with Gasteiger partial charge in [-0.05, 0) is 53.8 Å². The molecule has 1 aliphatic rings. The number of rotatable bonds is 5. The lowest BCUT2D eigenvalue weighted by Gasteiger charge is -2.19. The molecule has 6 heteroatoms. The van der Waals surface area contributed by atoms with E-state index in [1.54, 1.807) is 29.2 Å². The fourth-order valence-corrected chi connectivity index (χ4v) is 3.24. The minimum atomic E-state index is -0.331. The summed E-state index contributed by atoms with van der Waals surface area (Å²) < 4.78 is 0. The first-order valence-corrected chi connectivity index (χ1v) is 9.83. The van der Waals surface area contributed by atoms with E-state index in [4.69, 9.17) is 0 Å². The van der Waals surface area contributed by atoms with Gasteiger partial charge in [-0.2, -0.15) is 0 Å². The van der Waals surface area contributed by atoms with Crippen molar-refractivity contribution in [2.45, 2.75) is 39.0 Å². The predicted molar refractivity (Wildman–Crippen MR) is 114 cm³/mol. The van der Waals surface area contributed by atoms with Gasteiger partial charge in [0.05, 0.1) is 6.54 Å². The third-order valence-electron chi connectivity index (χ3n) is 4.96. The highest BCUT2D eigenvalue weighted by molar-refractivity contribution is 6.00. The Hall–Kier alpha value is -3.15. The second-order valence-corrected chi connectivity index (χ2v) is 8.25. The first-order chi connectivity index (χ1) is 13.7. The molecule has 1 heterocycles. The van der Waals surface area contributed by atoms with Crippen molar-refractivity contribution in [3.05, 3.63) is 59.7 Å². The molecule has 1 aliphatic heterocycles. The van der Waals surface area contributed by atoms with Crippen LogP contribution in [-0.2, 0) is 15.0 Å². The van der Waals surface area contributed by atoms with Crippen LogP contribution in [0.25, 0.3) is 0 Å². The second-order valence-electron chi connectivity index (χ2n) is 8.25. The standard InChI is InChI=1S/C23H27N3O3/c1-23(2,3)17-8-10-18(11-9-17)25-20(27)15-24-22(29)16-6-12-19(13-7-16)26-14-4-5-21(26)28/h6-13H,4-5,14-15H2,1-3H3,(H,24,29)(H,25,27). The minimum Gasteiger partial charge on any atom is -0.343 e. The number of nitrogens with one attached hydrogen (secondary N) is 2. The van der Waals surface area contributed by atoms with Crippen LogP contribution in [0.5, 0.6) is 0 Å². The number of carbonyl (C=O) groups excluding carboxylic acids is 3. The molecule has 1 saturated heterocycles. The highest BCUT2D eigenvalue weighted by atomic mass is 16.2. The molecule has 2 N–H and O–H groups in total. The molecule has 2 aromatic carbocycles. The van der Waals surface area contributed by atoms with Gasteiger partial charge in [0.2, 0.25) is 11.8 Å². The lowest BCUT2D eigenvalue weighted by molar-refractivity contribution is -0.117. The highest BCUT2D eigenvalue weighted by Gasteiger charge is 2.21. The average Bonchev–Trinajstić information content (AvgIpc) is 3.12. The Balaban J connectivity index is 1.51. The number of carbonyl (C=O) groups is 3. The van der Waals surface area contributed by atoms with Crippen molar-refractivity contribution < 1.29 is 14.4 Å². The van der Waals surface area contributed by atoms with Crippen LogP contribution in [0.15, 0.2) is 48.5 Å². The maximum Gasteiger partial charge on any atom is 0.251 e. The van der Waals surface area contributed by atoms with Crippen LogP contribution in [0, 0.1) is 0 Å². The van der Waals surface area contributed by atoms with Crippen molar-refractivity contribution in [3.63, 3.8) is 0 Å². The molecule has 0 atom stereocenters. The Labute approximate surface area is 171 Å². The number of hydrogen-bond donors (Lipinski definition) is 2. The van der Waals surface area contributed by atoms with Gasteiger partial charge in [-0.3, -0.25) is 14.4 Å². The fraction of sp³-hybridized carbons (Fsp3) is 0.348. The largest absolute Gasteiger partial charge is 0.343 e. The van der Waals surface area contributed by atoms with Gasteiger partial charge in [-0.1, -0.05) is 32.9 Å². The molecule has 3 rings (SSSR count). The van der Waals surface area contributed by atoms with Gasteiger partial charge in [0.15, 0.2) is 0 Å². The normalized spacial score (nSPS) is 14.0. The maximum atomic E-state index is 12.3. The number of amides is 3. The Morgan fingerprint density at radius 2 is 1.66 bits per heavy atom. The maximum absolute atomic E-state index is 12.3. The smallest absolute Gasteiger partial charge is 0.251 e. The van der Waals surface area contributed by atoms with Crippen molar-refractivity contribution in [2.75, 3.05) is 23.3 Å². The van der Waals surface area contributed by atoms with Crippen molar-refractivity contribution in [1.29, 1.82) is 0 Å². The van der Waals surface area contributed by atoms with Gasteiger partial charge < -0.3 is 15.5 Å². The quantitative estimate of drug-likeness (QED) is 0.816. The molecule has 0 spiro atoms. The Kier molecular flexibility index (Phi) is 6.01. The summed E-state index contributed by atoms with van der Waals surface area (Å²) in [5, 5.41) is 5.40. The molecular weight excluding hydrogens is 366 g/mol. The molecule has 0 saturated carbocycles. The molecule has 2 aromatic rings. The molecule has 0 unspecified atom stereocenters. The van der Waals surface area contributed by atoms with E-state index >= 15 is 0 Å². The monoisotopic (exact) mass is 393 g/mol. The van der Waals surface area contributed by atoms with Crippen LogP contribution in [-0.4, -0.2) is 30.8 Å². The average molecular weight is 393 g/mol. The van der Waals surface area contributed by atoms with Gasteiger partial charge in [0.1, 0.15) is 0 Å². The summed E-state index contributed by atoms with van der Waals surface area (Å²) in [6.07, 6.45) is 1.42. The first kappa shape index (κ1) is 20.6. The predicted octanol–water partition coefficient (Wildman–Crippen LogP) is 3.48. The summed E-state index contributed by atoms with van der Waals surface area (Å²) in [5.41, 5.74) is 3.16. The van der Waals surface area contributed by atoms with Crippen molar-refractivity contribution in [3.8, 4) is 0 Å². The van der Waals surface area contributed by atoms with Crippen molar-refractivity contribution >= 4 is 29.1 Å². The van der Waals surface area contributed by atoms with Gasteiger partial charge in [0.25, 0.3) is 5.91 Å². The Morgan fingerprint density at radius 3 is 2.21 bits per heavy atom. The summed E-state index contributed by atoms with van der Waals surface area (Å²) in [7, 11) is 0. The second kappa shape index (κ2) is 8.47. The van der Waals surface area contributed by atoms with Crippen molar-refractivity contribution in [1.82, 2.24) is 5.32 Å². The Bertz CT molecular complexity index is 896. The van der Waals surface area contributed by atoms with Gasteiger partial charge in [-0.15, -0.1) is 0 Å². The Morgan fingerprint density at radius 1 is 1.00 bits per heavy atom. The summed E-state index contributed by atoms with van der Waals surface area (Å²) >= 11 is 0. The number of anilines is 2. The molecule has 6 nitrogen and oxygen atoms in total. The van der Waals surface area contributed by atoms with Crippen LogP contribution in [0.2, 0.25) is 0 Å². The van der Waals surface area contributed by atoms with E-state index in [0.717, 1.165) is 12.1 Å². The first-order valence-electron chi connectivity index (χ1n) is 9.83. The molecule has 0 aliphatic carbocycles. The summed E-state index contributed by atoms with van der Waals surface area (Å²) in [5.74, 6) is -0.516. The molecule has 0 bridgehead atoms. The summed E-state index contributed by atoms with van der Waals surface area (Å²) in [6, 6.07) is 14.5. The van der Waals surface area contributed by atoms with Crippen LogP contribution >= 0.6 is 0 Å². The van der Waals surface area contributed by atoms with Crippen LogP contribution in [0.3, 0.4) is 0 Å². The van der Waals surface area contributed by atoms with Crippen LogP contribution in [0.4, 0.5) is 11.4 Å². The van der Waals surface area contributed by atoms with E-state index in [1.165, 1.54) is 5.56 Å². The number of benzene rings is 2.